The zero-order chi connectivity index (χ0) is 14.4. The van der Waals surface area contributed by atoms with E-state index in [1.54, 1.807) is 13.2 Å². The van der Waals surface area contributed by atoms with Gasteiger partial charge in [0.1, 0.15) is 0 Å². The first-order valence-corrected chi connectivity index (χ1v) is 6.42. The van der Waals surface area contributed by atoms with Crippen molar-refractivity contribution in [2.75, 3.05) is 31.3 Å². The smallest absolute Gasteiger partial charge is 0.167 e. The Morgan fingerprint density at radius 1 is 1.32 bits per heavy atom. The maximum Gasteiger partial charge on any atom is 0.167 e. The van der Waals surface area contributed by atoms with Crippen LogP contribution in [0.5, 0.6) is 5.75 Å². The lowest BCUT2D eigenvalue weighted by Crippen LogP contribution is -2.17. The molecule has 4 nitrogen and oxygen atoms in total. The fourth-order valence-electron chi connectivity index (χ4n) is 1.69. The van der Waals surface area contributed by atoms with Crippen molar-refractivity contribution in [2.45, 2.75) is 26.9 Å². The van der Waals surface area contributed by atoms with Gasteiger partial charge in [0.25, 0.3) is 0 Å². The number of rotatable bonds is 7. The van der Waals surface area contributed by atoms with Gasteiger partial charge in [-0.25, -0.2) is 4.39 Å². The van der Waals surface area contributed by atoms with Crippen LogP contribution < -0.4 is 15.8 Å². The Morgan fingerprint density at radius 3 is 2.58 bits per heavy atom. The summed E-state index contributed by atoms with van der Waals surface area (Å²) in [7, 11) is 1.66. The molecule has 5 heteroatoms. The van der Waals surface area contributed by atoms with Crippen molar-refractivity contribution in [1.29, 1.82) is 0 Å². The molecule has 0 aliphatic carbocycles. The third-order valence-corrected chi connectivity index (χ3v) is 2.56. The Balaban J connectivity index is 2.77. The Kier molecular flexibility index (Phi) is 5.89. The van der Waals surface area contributed by atoms with Gasteiger partial charge in [-0.3, -0.25) is 0 Å². The van der Waals surface area contributed by atoms with E-state index < -0.39 is 5.82 Å². The highest BCUT2D eigenvalue weighted by molar-refractivity contribution is 5.68. The number of hydrogen-bond donors (Lipinski definition) is 2. The zero-order valence-electron chi connectivity index (χ0n) is 12.0. The normalized spacial score (nSPS) is 12.5. The maximum absolute atomic E-state index is 13.7. The standard InChI is InChI=1S/C14H23FN2O2/c1-9(2)19-14-6-13(12(16)5-11(14)15)17-7-10(3)8-18-4/h5-6,9-10,17H,7-8,16H2,1-4H3. The first-order valence-electron chi connectivity index (χ1n) is 6.42. The van der Waals surface area contributed by atoms with Gasteiger partial charge in [-0.2, -0.15) is 0 Å². The molecule has 0 heterocycles. The van der Waals surface area contributed by atoms with Crippen molar-refractivity contribution in [1.82, 2.24) is 0 Å². The van der Waals surface area contributed by atoms with Crippen LogP contribution in [0.2, 0.25) is 0 Å². The molecule has 0 aliphatic rings. The number of anilines is 2. The number of nitrogens with two attached hydrogens (primary N) is 1. The monoisotopic (exact) mass is 270 g/mol. The summed E-state index contributed by atoms with van der Waals surface area (Å²) in [6.07, 6.45) is -0.0848. The van der Waals surface area contributed by atoms with Crippen LogP contribution in [0.1, 0.15) is 20.8 Å². The Bertz CT molecular complexity index is 411. The number of methoxy groups -OCH3 is 1. The molecule has 0 spiro atoms. The average molecular weight is 270 g/mol. The minimum atomic E-state index is -0.443. The molecule has 0 aliphatic heterocycles. The van der Waals surface area contributed by atoms with Crippen LogP contribution in [0, 0.1) is 11.7 Å². The highest BCUT2D eigenvalue weighted by atomic mass is 19.1. The summed E-state index contributed by atoms with van der Waals surface area (Å²) in [5.41, 5.74) is 6.85. The molecule has 0 radical (unpaired) electrons. The molecule has 0 saturated carbocycles. The van der Waals surface area contributed by atoms with Crippen molar-refractivity contribution < 1.29 is 13.9 Å². The van der Waals surface area contributed by atoms with E-state index >= 15 is 0 Å². The highest BCUT2D eigenvalue weighted by Gasteiger charge is 2.11. The van der Waals surface area contributed by atoms with E-state index in [1.807, 2.05) is 13.8 Å². The van der Waals surface area contributed by atoms with Crippen LogP contribution >= 0.6 is 0 Å². The molecule has 1 atom stereocenters. The van der Waals surface area contributed by atoms with Crippen LogP contribution in [0.15, 0.2) is 12.1 Å². The second-order valence-corrected chi connectivity index (χ2v) is 4.98. The van der Waals surface area contributed by atoms with Crippen molar-refractivity contribution in [3.63, 3.8) is 0 Å². The molecule has 0 bridgehead atoms. The molecule has 1 rings (SSSR count). The summed E-state index contributed by atoms with van der Waals surface area (Å²) >= 11 is 0. The Morgan fingerprint density at radius 2 is 2.00 bits per heavy atom. The molecule has 1 unspecified atom stereocenters. The lowest BCUT2D eigenvalue weighted by Gasteiger charge is -2.17. The average Bonchev–Trinajstić information content (AvgIpc) is 2.31. The molecule has 3 N–H and O–H groups in total. The summed E-state index contributed by atoms with van der Waals surface area (Å²) in [6.45, 7) is 7.11. The SMILES string of the molecule is COCC(C)CNc1cc(OC(C)C)c(F)cc1N. The number of nitrogen functional groups attached to an aromatic ring is 1. The predicted octanol–water partition coefficient (Wildman–Crippen LogP) is 2.89. The van der Waals surface area contributed by atoms with E-state index in [1.165, 1.54) is 6.07 Å². The molecule has 1 aromatic rings. The van der Waals surface area contributed by atoms with Gasteiger partial charge in [0.2, 0.25) is 0 Å². The molecule has 0 saturated heterocycles. The molecule has 0 fully saturated rings. The number of nitrogens with one attached hydrogen (secondary N) is 1. The Labute approximate surface area is 114 Å². The third kappa shape index (κ3) is 4.95. The van der Waals surface area contributed by atoms with E-state index in [9.17, 15) is 4.39 Å². The van der Waals surface area contributed by atoms with Crippen LogP contribution in [0.4, 0.5) is 15.8 Å². The molecule has 108 valence electrons. The summed E-state index contributed by atoms with van der Waals surface area (Å²) in [4.78, 5) is 0. The van der Waals surface area contributed by atoms with E-state index in [2.05, 4.69) is 12.2 Å². The van der Waals surface area contributed by atoms with Crippen LogP contribution in [0.3, 0.4) is 0 Å². The molecule has 1 aromatic carbocycles. The minimum absolute atomic E-state index is 0.0848. The van der Waals surface area contributed by atoms with Gasteiger partial charge in [-0.1, -0.05) is 6.92 Å². The third-order valence-electron chi connectivity index (χ3n) is 2.56. The van der Waals surface area contributed by atoms with Gasteiger partial charge in [0.05, 0.1) is 24.1 Å². The van der Waals surface area contributed by atoms with E-state index in [0.29, 0.717) is 30.4 Å². The first-order chi connectivity index (χ1) is 8.93. The maximum atomic E-state index is 13.7. The van der Waals surface area contributed by atoms with Gasteiger partial charge < -0.3 is 20.5 Å². The second kappa shape index (κ2) is 7.19. The van der Waals surface area contributed by atoms with Gasteiger partial charge in [-0.05, 0) is 19.8 Å². The second-order valence-electron chi connectivity index (χ2n) is 4.98. The lowest BCUT2D eigenvalue weighted by molar-refractivity contribution is 0.164. The Hall–Kier alpha value is -1.49. The fourth-order valence-corrected chi connectivity index (χ4v) is 1.69. The van der Waals surface area contributed by atoms with Crippen molar-refractivity contribution in [3.8, 4) is 5.75 Å². The minimum Gasteiger partial charge on any atom is -0.488 e. The molecular formula is C14H23FN2O2. The van der Waals surface area contributed by atoms with Gasteiger partial charge in [0.15, 0.2) is 11.6 Å². The quantitative estimate of drug-likeness (QED) is 0.748. The molecular weight excluding hydrogens is 247 g/mol. The summed E-state index contributed by atoms with van der Waals surface area (Å²) in [5, 5.41) is 3.19. The topological polar surface area (TPSA) is 56.5 Å². The van der Waals surface area contributed by atoms with E-state index in [-0.39, 0.29) is 11.9 Å². The summed E-state index contributed by atoms with van der Waals surface area (Å²) in [5.74, 6) is 0.108. The lowest BCUT2D eigenvalue weighted by atomic mass is 10.2. The van der Waals surface area contributed by atoms with Crippen molar-refractivity contribution >= 4 is 11.4 Å². The van der Waals surface area contributed by atoms with Crippen LogP contribution in [-0.4, -0.2) is 26.4 Å². The largest absolute Gasteiger partial charge is 0.488 e. The summed E-state index contributed by atoms with van der Waals surface area (Å²) in [6, 6.07) is 2.88. The summed E-state index contributed by atoms with van der Waals surface area (Å²) < 4.78 is 24.1. The van der Waals surface area contributed by atoms with E-state index in [0.717, 1.165) is 0 Å². The predicted molar refractivity (Wildman–Crippen MR) is 76.1 cm³/mol. The number of ether oxygens (including phenoxy) is 2. The first kappa shape index (κ1) is 15.6. The molecule has 0 aromatic heterocycles. The van der Waals surface area contributed by atoms with Crippen LogP contribution in [0.25, 0.3) is 0 Å². The zero-order valence-corrected chi connectivity index (χ0v) is 12.0. The highest BCUT2D eigenvalue weighted by Crippen LogP contribution is 2.29. The fraction of sp³-hybridized carbons (Fsp3) is 0.571. The van der Waals surface area contributed by atoms with E-state index in [4.69, 9.17) is 15.2 Å². The number of hydrogen-bond acceptors (Lipinski definition) is 4. The molecule has 0 amide bonds. The van der Waals surface area contributed by atoms with Gasteiger partial charge in [0, 0.05) is 25.8 Å². The van der Waals surface area contributed by atoms with Crippen LogP contribution in [-0.2, 0) is 4.74 Å². The van der Waals surface area contributed by atoms with Crippen molar-refractivity contribution in [2.24, 2.45) is 5.92 Å². The van der Waals surface area contributed by atoms with Gasteiger partial charge >= 0.3 is 0 Å². The number of halogens is 1. The molecule has 19 heavy (non-hydrogen) atoms. The number of benzene rings is 1. The van der Waals surface area contributed by atoms with Gasteiger partial charge in [-0.15, -0.1) is 0 Å². The van der Waals surface area contributed by atoms with Crippen molar-refractivity contribution in [3.05, 3.63) is 17.9 Å².